The van der Waals surface area contributed by atoms with Crippen LogP contribution in [0.25, 0.3) is 0 Å². The van der Waals surface area contributed by atoms with Crippen LogP contribution in [0.2, 0.25) is 0 Å². The maximum Gasteiger partial charge on any atom is 0.273 e. The van der Waals surface area contributed by atoms with Gasteiger partial charge in [-0.2, -0.15) is 0 Å². The minimum atomic E-state index is -0.502. The molecule has 0 saturated carbocycles. The molecule has 0 unspecified atom stereocenters. The van der Waals surface area contributed by atoms with Crippen LogP contribution in [-0.4, -0.2) is 23.3 Å². The zero-order valence-electron chi connectivity index (χ0n) is 15.6. The smallest absolute Gasteiger partial charge is 0.273 e. The first-order valence-corrected chi connectivity index (χ1v) is 8.69. The SMILES string of the molecule is Cc1cc(C(=O)NCC(C)C)ccc1NC(=O)Cc1ccccc1[N+](=O)[O-]. The summed E-state index contributed by atoms with van der Waals surface area (Å²) >= 11 is 0. The number of carbonyl (C=O) groups is 2. The Morgan fingerprint density at radius 2 is 1.85 bits per heavy atom. The molecule has 0 spiro atoms. The molecule has 0 heterocycles. The molecule has 0 aliphatic rings. The van der Waals surface area contributed by atoms with Gasteiger partial charge in [-0.05, 0) is 36.6 Å². The Labute approximate surface area is 157 Å². The summed E-state index contributed by atoms with van der Waals surface area (Å²) in [5.74, 6) is -0.162. The van der Waals surface area contributed by atoms with Gasteiger partial charge in [-0.25, -0.2) is 0 Å². The molecule has 7 nitrogen and oxygen atoms in total. The first-order chi connectivity index (χ1) is 12.8. The summed E-state index contributed by atoms with van der Waals surface area (Å²) in [6.45, 7) is 6.41. The Kier molecular flexibility index (Phi) is 6.65. The van der Waals surface area contributed by atoms with E-state index in [1.807, 2.05) is 13.8 Å². The number of nitrogens with one attached hydrogen (secondary N) is 2. The van der Waals surface area contributed by atoms with Gasteiger partial charge in [0.2, 0.25) is 5.91 Å². The number of amides is 2. The van der Waals surface area contributed by atoms with Crippen molar-refractivity contribution in [1.29, 1.82) is 0 Å². The van der Waals surface area contributed by atoms with Crippen molar-refractivity contribution < 1.29 is 14.5 Å². The van der Waals surface area contributed by atoms with E-state index in [4.69, 9.17) is 0 Å². The number of para-hydroxylation sites is 1. The van der Waals surface area contributed by atoms with E-state index in [2.05, 4.69) is 10.6 Å². The highest BCUT2D eigenvalue weighted by molar-refractivity contribution is 5.97. The molecule has 0 atom stereocenters. The highest BCUT2D eigenvalue weighted by Crippen LogP contribution is 2.20. The molecule has 2 aromatic carbocycles. The number of nitrogens with zero attached hydrogens (tertiary/aromatic N) is 1. The molecule has 7 heteroatoms. The van der Waals surface area contributed by atoms with E-state index in [0.717, 1.165) is 5.56 Å². The number of rotatable bonds is 7. The Hall–Kier alpha value is -3.22. The maximum atomic E-state index is 12.3. The van der Waals surface area contributed by atoms with Gasteiger partial charge in [-0.3, -0.25) is 19.7 Å². The van der Waals surface area contributed by atoms with E-state index in [0.29, 0.717) is 29.3 Å². The lowest BCUT2D eigenvalue weighted by molar-refractivity contribution is -0.385. The van der Waals surface area contributed by atoms with Crippen molar-refractivity contribution in [2.75, 3.05) is 11.9 Å². The van der Waals surface area contributed by atoms with Crippen molar-refractivity contribution in [3.63, 3.8) is 0 Å². The van der Waals surface area contributed by atoms with Gasteiger partial charge >= 0.3 is 0 Å². The van der Waals surface area contributed by atoms with Gasteiger partial charge in [0.25, 0.3) is 11.6 Å². The molecule has 0 fully saturated rings. The molecule has 2 aromatic rings. The molecule has 0 radical (unpaired) electrons. The molecule has 27 heavy (non-hydrogen) atoms. The molecule has 0 saturated heterocycles. The van der Waals surface area contributed by atoms with Crippen LogP contribution in [0.15, 0.2) is 42.5 Å². The summed E-state index contributed by atoms with van der Waals surface area (Å²) in [4.78, 5) is 35.0. The first kappa shape index (κ1) is 20.1. The number of anilines is 1. The molecular weight excluding hydrogens is 346 g/mol. The predicted octanol–water partition coefficient (Wildman–Crippen LogP) is 3.47. The second-order valence-corrected chi connectivity index (χ2v) is 6.74. The van der Waals surface area contributed by atoms with Crippen LogP contribution in [0.5, 0.6) is 0 Å². The molecule has 0 bridgehead atoms. The van der Waals surface area contributed by atoms with Crippen molar-refractivity contribution in [2.24, 2.45) is 5.92 Å². The highest BCUT2D eigenvalue weighted by Gasteiger charge is 2.16. The van der Waals surface area contributed by atoms with Gasteiger partial charge in [-0.15, -0.1) is 0 Å². The minimum absolute atomic E-state index is 0.0819. The second-order valence-electron chi connectivity index (χ2n) is 6.74. The first-order valence-electron chi connectivity index (χ1n) is 8.69. The van der Waals surface area contributed by atoms with Crippen LogP contribution < -0.4 is 10.6 Å². The Morgan fingerprint density at radius 3 is 2.48 bits per heavy atom. The summed E-state index contributed by atoms with van der Waals surface area (Å²) in [5.41, 5.74) is 2.09. The number of hydrogen-bond acceptors (Lipinski definition) is 4. The summed E-state index contributed by atoms with van der Waals surface area (Å²) in [6, 6.07) is 11.2. The monoisotopic (exact) mass is 369 g/mol. The van der Waals surface area contributed by atoms with Gasteiger partial charge in [0.15, 0.2) is 0 Å². The van der Waals surface area contributed by atoms with Gasteiger partial charge in [0.05, 0.1) is 11.3 Å². The molecule has 0 aliphatic carbocycles. The number of nitro groups is 1. The molecule has 2 amide bonds. The fourth-order valence-corrected chi connectivity index (χ4v) is 2.55. The topological polar surface area (TPSA) is 101 Å². The van der Waals surface area contributed by atoms with Crippen molar-refractivity contribution in [1.82, 2.24) is 5.32 Å². The zero-order valence-corrected chi connectivity index (χ0v) is 15.6. The zero-order chi connectivity index (χ0) is 20.0. The standard InChI is InChI=1S/C20H23N3O4/c1-13(2)12-21-20(25)16-8-9-17(14(3)10-16)22-19(24)11-15-6-4-5-7-18(15)23(26)27/h4-10,13H,11-12H2,1-3H3,(H,21,25)(H,22,24). The summed E-state index contributed by atoms with van der Waals surface area (Å²) in [7, 11) is 0. The molecule has 2 N–H and O–H groups in total. The van der Waals surface area contributed by atoms with E-state index >= 15 is 0 Å². The van der Waals surface area contributed by atoms with E-state index < -0.39 is 4.92 Å². The molecule has 0 aromatic heterocycles. The lowest BCUT2D eigenvalue weighted by atomic mass is 10.1. The number of hydrogen-bond donors (Lipinski definition) is 2. The average Bonchev–Trinajstić information content (AvgIpc) is 2.61. The largest absolute Gasteiger partial charge is 0.352 e. The second kappa shape index (κ2) is 8.93. The van der Waals surface area contributed by atoms with E-state index in [9.17, 15) is 19.7 Å². The van der Waals surface area contributed by atoms with Crippen LogP contribution >= 0.6 is 0 Å². The number of benzene rings is 2. The van der Waals surface area contributed by atoms with E-state index in [1.165, 1.54) is 6.07 Å². The molecule has 2 rings (SSSR count). The minimum Gasteiger partial charge on any atom is -0.352 e. The maximum absolute atomic E-state index is 12.3. The Bertz CT molecular complexity index is 862. The number of carbonyl (C=O) groups excluding carboxylic acids is 2. The van der Waals surface area contributed by atoms with Gasteiger partial charge in [0, 0.05) is 29.4 Å². The van der Waals surface area contributed by atoms with Crippen molar-refractivity contribution in [3.8, 4) is 0 Å². The van der Waals surface area contributed by atoms with Crippen LogP contribution in [0.4, 0.5) is 11.4 Å². The van der Waals surface area contributed by atoms with Crippen LogP contribution in [0, 0.1) is 23.0 Å². The van der Waals surface area contributed by atoms with Crippen LogP contribution in [0.3, 0.4) is 0 Å². The lowest BCUT2D eigenvalue weighted by Gasteiger charge is -2.12. The van der Waals surface area contributed by atoms with Crippen molar-refractivity contribution in [3.05, 3.63) is 69.3 Å². The third-order valence-electron chi connectivity index (χ3n) is 3.97. The van der Waals surface area contributed by atoms with Gasteiger partial charge in [0.1, 0.15) is 0 Å². The third-order valence-corrected chi connectivity index (χ3v) is 3.97. The van der Waals surface area contributed by atoms with Crippen LogP contribution in [0.1, 0.15) is 35.3 Å². The summed E-state index contributed by atoms with van der Waals surface area (Å²) in [6.07, 6.45) is -0.104. The fourth-order valence-electron chi connectivity index (χ4n) is 2.55. The number of nitro benzene ring substituents is 1. The summed E-state index contributed by atoms with van der Waals surface area (Å²) in [5, 5.41) is 16.6. The van der Waals surface area contributed by atoms with E-state index in [1.54, 1.807) is 43.3 Å². The van der Waals surface area contributed by atoms with Gasteiger partial charge < -0.3 is 10.6 Å². The van der Waals surface area contributed by atoms with Crippen molar-refractivity contribution in [2.45, 2.75) is 27.2 Å². The highest BCUT2D eigenvalue weighted by atomic mass is 16.6. The molecule has 0 aliphatic heterocycles. The lowest BCUT2D eigenvalue weighted by Crippen LogP contribution is -2.27. The summed E-state index contributed by atoms with van der Waals surface area (Å²) < 4.78 is 0. The normalized spacial score (nSPS) is 10.5. The van der Waals surface area contributed by atoms with Crippen molar-refractivity contribution >= 4 is 23.2 Å². The fraction of sp³-hybridized carbons (Fsp3) is 0.300. The predicted molar refractivity (Wildman–Crippen MR) is 104 cm³/mol. The quantitative estimate of drug-likeness (QED) is 0.576. The Balaban J connectivity index is 2.06. The van der Waals surface area contributed by atoms with Crippen LogP contribution in [-0.2, 0) is 11.2 Å². The average molecular weight is 369 g/mol. The van der Waals surface area contributed by atoms with E-state index in [-0.39, 0.29) is 23.9 Å². The molecular formula is C20H23N3O4. The number of aryl methyl sites for hydroxylation is 1. The van der Waals surface area contributed by atoms with Gasteiger partial charge in [-0.1, -0.05) is 32.0 Å². The Morgan fingerprint density at radius 1 is 1.15 bits per heavy atom. The molecule has 142 valence electrons. The third kappa shape index (κ3) is 5.64.